The van der Waals surface area contributed by atoms with Gasteiger partial charge in [0.25, 0.3) is 0 Å². The standard InChI is InChI=1S/C22H22N2O3/c1-15-4-5-16(2)20(12-15)27-22-11-7-18(14-24-22)13-23-21(25)10-9-19-8-6-17(3)26-19/h4-12,14H,13H2,1-3H3,(H,23,25). The molecule has 1 N–H and O–H groups in total. The van der Waals surface area contributed by atoms with Crippen molar-refractivity contribution >= 4 is 12.0 Å². The minimum atomic E-state index is -0.195. The van der Waals surface area contributed by atoms with Gasteiger partial charge in [0.2, 0.25) is 11.8 Å². The molecule has 3 rings (SSSR count). The molecule has 0 fully saturated rings. The highest BCUT2D eigenvalue weighted by Crippen LogP contribution is 2.24. The van der Waals surface area contributed by atoms with Crippen LogP contribution in [0.2, 0.25) is 0 Å². The Balaban J connectivity index is 1.53. The van der Waals surface area contributed by atoms with Crippen LogP contribution in [-0.2, 0) is 11.3 Å². The van der Waals surface area contributed by atoms with Gasteiger partial charge in [-0.2, -0.15) is 0 Å². The van der Waals surface area contributed by atoms with Crippen LogP contribution in [0, 0.1) is 20.8 Å². The molecule has 0 aliphatic rings. The van der Waals surface area contributed by atoms with Crippen molar-refractivity contribution in [2.45, 2.75) is 27.3 Å². The second-order valence-corrected chi connectivity index (χ2v) is 6.38. The molecule has 2 heterocycles. The van der Waals surface area contributed by atoms with Crippen LogP contribution in [0.5, 0.6) is 11.6 Å². The molecular formula is C22H22N2O3. The van der Waals surface area contributed by atoms with Crippen molar-refractivity contribution < 1.29 is 13.9 Å². The molecule has 138 valence electrons. The molecule has 0 bridgehead atoms. The van der Waals surface area contributed by atoms with E-state index in [9.17, 15) is 4.79 Å². The number of aryl methyl sites for hydroxylation is 3. The van der Waals surface area contributed by atoms with Crippen LogP contribution in [0.4, 0.5) is 0 Å². The Morgan fingerprint density at radius 1 is 1.15 bits per heavy atom. The van der Waals surface area contributed by atoms with Crippen LogP contribution in [0.1, 0.15) is 28.2 Å². The van der Waals surface area contributed by atoms with Crippen LogP contribution in [-0.4, -0.2) is 10.9 Å². The summed E-state index contributed by atoms with van der Waals surface area (Å²) < 4.78 is 11.2. The van der Waals surface area contributed by atoms with Crippen molar-refractivity contribution in [3.05, 3.63) is 82.9 Å². The average molecular weight is 362 g/mol. The molecule has 0 spiro atoms. The maximum Gasteiger partial charge on any atom is 0.244 e. The van der Waals surface area contributed by atoms with Gasteiger partial charge in [-0.05, 0) is 61.7 Å². The van der Waals surface area contributed by atoms with E-state index < -0.39 is 0 Å². The van der Waals surface area contributed by atoms with Gasteiger partial charge in [-0.25, -0.2) is 4.98 Å². The van der Waals surface area contributed by atoms with E-state index in [2.05, 4.69) is 10.3 Å². The van der Waals surface area contributed by atoms with E-state index in [1.165, 1.54) is 6.08 Å². The third-order valence-electron chi connectivity index (χ3n) is 3.98. The molecule has 0 atom stereocenters. The minimum Gasteiger partial charge on any atom is -0.462 e. The number of carbonyl (C=O) groups excluding carboxylic acids is 1. The SMILES string of the molecule is Cc1ccc(C)c(Oc2ccc(CNC(=O)C=Cc3ccc(C)o3)cn2)c1. The monoisotopic (exact) mass is 362 g/mol. The Bertz CT molecular complexity index is 956. The van der Waals surface area contributed by atoms with Crippen LogP contribution < -0.4 is 10.1 Å². The molecular weight excluding hydrogens is 340 g/mol. The van der Waals surface area contributed by atoms with Gasteiger partial charge in [-0.1, -0.05) is 18.2 Å². The van der Waals surface area contributed by atoms with Crippen LogP contribution >= 0.6 is 0 Å². The van der Waals surface area contributed by atoms with Gasteiger partial charge in [-0.15, -0.1) is 0 Å². The van der Waals surface area contributed by atoms with Gasteiger partial charge in [0.1, 0.15) is 17.3 Å². The zero-order chi connectivity index (χ0) is 19.2. The predicted octanol–water partition coefficient (Wildman–Crippen LogP) is 4.72. The summed E-state index contributed by atoms with van der Waals surface area (Å²) in [4.78, 5) is 16.2. The molecule has 0 saturated heterocycles. The Morgan fingerprint density at radius 2 is 2.00 bits per heavy atom. The predicted molar refractivity (Wildman–Crippen MR) is 105 cm³/mol. The summed E-state index contributed by atoms with van der Waals surface area (Å²) in [5.74, 6) is 2.58. The lowest BCUT2D eigenvalue weighted by atomic mass is 10.1. The number of nitrogens with zero attached hydrogens (tertiary/aromatic N) is 1. The fraction of sp³-hybridized carbons (Fsp3) is 0.182. The van der Waals surface area contributed by atoms with Gasteiger partial charge in [0, 0.05) is 24.9 Å². The summed E-state index contributed by atoms with van der Waals surface area (Å²) in [6.07, 6.45) is 4.78. The van der Waals surface area contributed by atoms with Crippen molar-refractivity contribution in [2.75, 3.05) is 0 Å². The van der Waals surface area contributed by atoms with Crippen molar-refractivity contribution in [1.29, 1.82) is 0 Å². The number of hydrogen-bond acceptors (Lipinski definition) is 4. The van der Waals surface area contributed by atoms with E-state index in [0.29, 0.717) is 18.2 Å². The highest BCUT2D eigenvalue weighted by atomic mass is 16.5. The van der Waals surface area contributed by atoms with Gasteiger partial charge in [0.15, 0.2) is 0 Å². The summed E-state index contributed by atoms with van der Waals surface area (Å²) in [5, 5.41) is 2.81. The first-order valence-electron chi connectivity index (χ1n) is 8.72. The smallest absolute Gasteiger partial charge is 0.244 e. The Kier molecular flexibility index (Phi) is 5.71. The van der Waals surface area contributed by atoms with E-state index >= 15 is 0 Å². The maximum atomic E-state index is 11.9. The number of aromatic nitrogens is 1. The number of benzene rings is 1. The number of furan rings is 1. The number of ether oxygens (including phenoxy) is 1. The second-order valence-electron chi connectivity index (χ2n) is 6.38. The van der Waals surface area contributed by atoms with Crippen LogP contribution in [0.3, 0.4) is 0 Å². The lowest BCUT2D eigenvalue weighted by Crippen LogP contribution is -2.20. The van der Waals surface area contributed by atoms with E-state index in [1.54, 1.807) is 18.3 Å². The Morgan fingerprint density at radius 3 is 2.70 bits per heavy atom. The summed E-state index contributed by atoms with van der Waals surface area (Å²) in [7, 11) is 0. The van der Waals surface area contributed by atoms with Crippen LogP contribution in [0.25, 0.3) is 6.08 Å². The number of hydrogen-bond donors (Lipinski definition) is 1. The van der Waals surface area contributed by atoms with E-state index in [1.807, 2.05) is 57.2 Å². The summed E-state index contributed by atoms with van der Waals surface area (Å²) in [5.41, 5.74) is 3.07. The molecule has 5 heteroatoms. The Hall–Kier alpha value is -3.34. The topological polar surface area (TPSA) is 64.4 Å². The highest BCUT2D eigenvalue weighted by molar-refractivity contribution is 5.91. The number of pyridine rings is 1. The molecule has 5 nitrogen and oxygen atoms in total. The average Bonchev–Trinajstić information content (AvgIpc) is 3.08. The van der Waals surface area contributed by atoms with Crippen molar-refractivity contribution in [2.24, 2.45) is 0 Å². The third-order valence-corrected chi connectivity index (χ3v) is 3.98. The zero-order valence-electron chi connectivity index (χ0n) is 15.7. The lowest BCUT2D eigenvalue weighted by Gasteiger charge is -2.09. The largest absolute Gasteiger partial charge is 0.462 e. The first-order chi connectivity index (χ1) is 13.0. The number of nitrogens with one attached hydrogen (secondary N) is 1. The number of carbonyl (C=O) groups is 1. The first-order valence-corrected chi connectivity index (χ1v) is 8.72. The van der Waals surface area contributed by atoms with Crippen molar-refractivity contribution in [3.63, 3.8) is 0 Å². The van der Waals surface area contributed by atoms with Crippen LogP contribution in [0.15, 0.2) is 59.2 Å². The van der Waals surface area contributed by atoms with Gasteiger partial charge in [-0.3, -0.25) is 4.79 Å². The quantitative estimate of drug-likeness (QED) is 0.644. The van der Waals surface area contributed by atoms with Gasteiger partial charge < -0.3 is 14.5 Å². The van der Waals surface area contributed by atoms with E-state index in [4.69, 9.17) is 9.15 Å². The minimum absolute atomic E-state index is 0.195. The molecule has 3 aromatic rings. The summed E-state index contributed by atoms with van der Waals surface area (Å²) >= 11 is 0. The highest BCUT2D eigenvalue weighted by Gasteiger charge is 2.04. The number of rotatable bonds is 6. The summed E-state index contributed by atoms with van der Waals surface area (Å²) in [6.45, 7) is 6.26. The molecule has 0 radical (unpaired) electrons. The molecule has 0 saturated carbocycles. The molecule has 2 aromatic heterocycles. The normalized spacial score (nSPS) is 10.9. The third kappa shape index (κ3) is 5.31. The van der Waals surface area contributed by atoms with Crippen molar-refractivity contribution in [3.8, 4) is 11.6 Å². The van der Waals surface area contributed by atoms with E-state index in [0.717, 1.165) is 28.2 Å². The second kappa shape index (κ2) is 8.36. The lowest BCUT2D eigenvalue weighted by molar-refractivity contribution is -0.116. The first kappa shape index (κ1) is 18.5. The molecule has 0 unspecified atom stereocenters. The Labute approximate surface area is 158 Å². The zero-order valence-corrected chi connectivity index (χ0v) is 15.7. The summed E-state index contributed by atoms with van der Waals surface area (Å²) in [6, 6.07) is 13.4. The van der Waals surface area contributed by atoms with Gasteiger partial charge >= 0.3 is 0 Å². The number of amides is 1. The molecule has 0 aliphatic carbocycles. The van der Waals surface area contributed by atoms with Crippen molar-refractivity contribution in [1.82, 2.24) is 10.3 Å². The molecule has 27 heavy (non-hydrogen) atoms. The van der Waals surface area contributed by atoms with Gasteiger partial charge in [0.05, 0.1) is 0 Å². The maximum absolute atomic E-state index is 11.9. The fourth-order valence-corrected chi connectivity index (χ4v) is 2.45. The fourth-order valence-electron chi connectivity index (χ4n) is 2.45. The molecule has 1 aromatic carbocycles. The molecule has 1 amide bonds. The van der Waals surface area contributed by atoms with E-state index in [-0.39, 0.29) is 5.91 Å². The molecule has 0 aliphatic heterocycles.